The van der Waals surface area contributed by atoms with Gasteiger partial charge in [0.25, 0.3) is 70.9 Å². The molecule has 24 bridgehead atoms. The first kappa shape index (κ1) is 45.2. The van der Waals surface area contributed by atoms with E-state index in [1.165, 1.54) is 72.8 Å². The molecule has 3 fully saturated rings. The Morgan fingerprint density at radius 1 is 0.192 bits per heavy atom. The predicted octanol–water partition coefficient (Wildman–Crippen LogP) is 7.07. The van der Waals surface area contributed by atoms with Gasteiger partial charge in [-0.15, -0.1) is 0 Å². The fourth-order valence-corrected chi connectivity index (χ4v) is 15.6. The summed E-state index contributed by atoms with van der Waals surface area (Å²) in [6, 6.07) is 11.3. The number of rotatable bonds is 0. The van der Waals surface area contributed by atoms with Gasteiger partial charge in [0, 0.05) is 99.1 Å². The van der Waals surface area contributed by atoms with E-state index in [4.69, 9.17) is 0 Å². The summed E-state index contributed by atoms with van der Waals surface area (Å²) in [6.45, 7) is 0. The zero-order chi connectivity index (χ0) is 53.2. The van der Waals surface area contributed by atoms with Crippen molar-refractivity contribution in [3.05, 3.63) is 140 Å². The minimum atomic E-state index is -0.999. The number of benzene rings is 6. The Kier molecular flexibility index (Phi) is 8.87. The minimum absolute atomic E-state index is 0.0436. The average Bonchev–Trinajstić information content (AvgIpc) is 3.48. The zero-order valence-electron chi connectivity index (χ0n) is 41.5. The standard InChI is InChI=1S/C60H42N6O12/c67-49-25-13-15-29-45-30-16-14-26(43(25)45)50(68)61(49)37-7-1-2-8-38(37)62-51(69)27-17-19-31-46-32(20-18-28(44(27)46)52(62)70)56(74)64(55(31)73)41-11-5-6-12-42(41)66-59(77)35-23-21-33-47-34(22-24-36(48(35)47)60(66)78)58(76)65(57(33)75)40-10-4-3-9-39(40)63(53(29)71)54(30)72/h13-24,37-42H,1-12H2/t37-,38-,39-,40-,41-,42-/m1/s1. The highest BCUT2D eigenvalue weighted by Crippen LogP contribution is 2.48. The van der Waals surface area contributed by atoms with Crippen LogP contribution in [0.2, 0.25) is 0 Å². The van der Waals surface area contributed by atoms with Gasteiger partial charge in [0.15, 0.2) is 0 Å². The van der Waals surface area contributed by atoms with Crippen molar-refractivity contribution in [2.24, 2.45) is 0 Å². The van der Waals surface area contributed by atoms with Crippen LogP contribution in [0.5, 0.6) is 0 Å². The molecular weight excluding hydrogens is 997 g/mol. The lowest BCUT2D eigenvalue weighted by molar-refractivity contribution is 0.0234. The van der Waals surface area contributed by atoms with Crippen LogP contribution in [0.15, 0.2) is 72.8 Å². The monoisotopic (exact) mass is 1040 g/mol. The summed E-state index contributed by atoms with van der Waals surface area (Å²) in [5, 5.41) is 0.685. The number of hydrogen-bond acceptors (Lipinski definition) is 12. The van der Waals surface area contributed by atoms with Crippen molar-refractivity contribution in [1.82, 2.24) is 29.4 Å². The molecule has 384 valence electrons. The quantitative estimate of drug-likeness (QED) is 0.139. The van der Waals surface area contributed by atoms with E-state index in [0.29, 0.717) is 38.5 Å². The highest BCUT2D eigenvalue weighted by Gasteiger charge is 2.54. The Morgan fingerprint density at radius 2 is 0.295 bits per heavy atom. The fourth-order valence-electron chi connectivity index (χ4n) is 15.6. The van der Waals surface area contributed by atoms with Crippen molar-refractivity contribution in [1.29, 1.82) is 0 Å². The lowest BCUT2D eigenvalue weighted by atomic mass is 9.79. The third kappa shape index (κ3) is 5.32. The predicted molar refractivity (Wildman–Crippen MR) is 273 cm³/mol. The molecule has 0 unspecified atom stereocenters. The average molecular weight is 1040 g/mol. The van der Waals surface area contributed by atoms with Crippen molar-refractivity contribution >= 4 is 103 Å². The molecule has 24 aliphatic heterocycles. The van der Waals surface area contributed by atoms with Gasteiger partial charge in [-0.2, -0.15) is 0 Å². The van der Waals surface area contributed by atoms with Gasteiger partial charge in [0.1, 0.15) is 0 Å². The van der Waals surface area contributed by atoms with Crippen molar-refractivity contribution in [2.45, 2.75) is 113 Å². The van der Waals surface area contributed by atoms with Crippen LogP contribution in [0.4, 0.5) is 0 Å². The number of hydrogen-bond donors (Lipinski definition) is 0. The maximum absolute atomic E-state index is 15.1. The van der Waals surface area contributed by atoms with Gasteiger partial charge in [-0.3, -0.25) is 86.9 Å². The molecule has 6 aromatic carbocycles. The molecule has 27 aliphatic rings. The van der Waals surface area contributed by atoms with Crippen molar-refractivity contribution < 1.29 is 57.5 Å². The molecule has 3 saturated carbocycles. The van der Waals surface area contributed by atoms with Crippen molar-refractivity contribution in [3.63, 3.8) is 0 Å². The smallest absolute Gasteiger partial charge is 0.261 e. The molecule has 33 rings (SSSR count). The van der Waals surface area contributed by atoms with Crippen LogP contribution in [0.1, 0.15) is 201 Å². The van der Waals surface area contributed by atoms with Crippen LogP contribution < -0.4 is 0 Å². The van der Waals surface area contributed by atoms with E-state index < -0.39 is 107 Å². The van der Waals surface area contributed by atoms with Gasteiger partial charge in [-0.25, -0.2) is 0 Å². The zero-order valence-corrected chi connectivity index (χ0v) is 41.5. The second-order valence-electron chi connectivity index (χ2n) is 22.4. The first-order valence-electron chi connectivity index (χ1n) is 26.8. The number of amides is 12. The van der Waals surface area contributed by atoms with Gasteiger partial charge in [0.05, 0.1) is 36.3 Å². The van der Waals surface area contributed by atoms with Crippen LogP contribution in [-0.4, -0.2) is 137 Å². The normalized spacial score (nSPS) is 26.0. The molecule has 12 amide bonds. The SMILES string of the molecule is O=C1c2ccc3c4c5ccc(c24)C(=O)N1[C@@H]1CCCC[C@H]1N1C(=O)c2ccc4c6c(ccc(c26)C1=O)C(=O)N(C4=O)[C@@H]1CCCC[C@H]1N1C(=O)c2ccc4c6c(ccc(c26)C1=O)C(=O)N(C4=O)[C@@H]1CCCC[C@H]1N(C3=O)C5=O. The third-order valence-electron chi connectivity index (χ3n) is 18.9. The Bertz CT molecular complexity index is 3250. The van der Waals surface area contributed by atoms with Gasteiger partial charge in [-0.1, -0.05) is 38.5 Å². The summed E-state index contributed by atoms with van der Waals surface area (Å²) in [4.78, 5) is 187. The highest BCUT2D eigenvalue weighted by atomic mass is 16.2. The molecule has 0 saturated heterocycles. The lowest BCUT2D eigenvalue weighted by Gasteiger charge is -2.47. The maximum Gasteiger partial charge on any atom is 0.261 e. The topological polar surface area (TPSA) is 224 Å². The Hall–Kier alpha value is -9.06. The van der Waals surface area contributed by atoms with Crippen LogP contribution in [0, 0.1) is 0 Å². The molecule has 3 aliphatic carbocycles. The molecule has 0 aromatic heterocycles. The molecule has 78 heavy (non-hydrogen) atoms. The minimum Gasteiger partial charge on any atom is -0.269 e. The molecule has 6 aromatic rings. The van der Waals surface area contributed by atoms with E-state index in [-0.39, 0.29) is 138 Å². The van der Waals surface area contributed by atoms with Crippen LogP contribution in [-0.2, 0) is 0 Å². The molecule has 0 N–H and O–H groups in total. The summed E-state index contributed by atoms with van der Waals surface area (Å²) in [5.41, 5.74) is 0.523. The molecule has 18 heteroatoms. The summed E-state index contributed by atoms with van der Waals surface area (Å²) in [7, 11) is 0. The fraction of sp³-hybridized carbons (Fsp3) is 0.300. The molecule has 6 atom stereocenters. The van der Waals surface area contributed by atoms with Gasteiger partial charge in [0.2, 0.25) is 0 Å². The third-order valence-corrected chi connectivity index (χ3v) is 18.9. The van der Waals surface area contributed by atoms with E-state index in [1.807, 2.05) is 0 Å². The van der Waals surface area contributed by atoms with Crippen molar-refractivity contribution in [3.8, 4) is 0 Å². The Balaban J connectivity index is 0.894. The van der Waals surface area contributed by atoms with Crippen LogP contribution >= 0.6 is 0 Å². The van der Waals surface area contributed by atoms with E-state index in [2.05, 4.69) is 0 Å². The number of nitrogens with zero attached hydrogens (tertiary/aromatic N) is 6. The molecule has 0 radical (unpaired) electrons. The van der Waals surface area contributed by atoms with E-state index in [0.717, 1.165) is 29.4 Å². The first-order chi connectivity index (χ1) is 37.8. The van der Waals surface area contributed by atoms with E-state index in [1.54, 1.807) is 0 Å². The summed E-state index contributed by atoms with van der Waals surface area (Å²) >= 11 is 0. The van der Waals surface area contributed by atoms with E-state index in [9.17, 15) is 0 Å². The second-order valence-corrected chi connectivity index (χ2v) is 22.4. The molecule has 0 spiro atoms. The first-order valence-corrected chi connectivity index (χ1v) is 26.8. The number of carbonyl (C=O) groups is 12. The highest BCUT2D eigenvalue weighted by molar-refractivity contribution is 6.37. The van der Waals surface area contributed by atoms with Crippen molar-refractivity contribution in [2.75, 3.05) is 0 Å². The van der Waals surface area contributed by atoms with Crippen LogP contribution in [0.3, 0.4) is 0 Å². The summed E-state index contributed by atoms with van der Waals surface area (Å²) in [5.74, 6) is -8.74. The number of carbonyl (C=O) groups excluding carboxylic acids is 12. The molecular formula is C60H42N6O12. The Morgan fingerprint density at radius 3 is 0.397 bits per heavy atom. The Labute approximate surface area is 441 Å². The molecule has 18 nitrogen and oxygen atoms in total. The van der Waals surface area contributed by atoms with Gasteiger partial charge in [-0.05, 0) is 111 Å². The second kappa shape index (κ2) is 15.3. The van der Waals surface area contributed by atoms with Crippen LogP contribution in [0.25, 0.3) is 32.3 Å². The molecule has 24 heterocycles. The maximum atomic E-state index is 15.1. The number of imide groups is 6. The van der Waals surface area contributed by atoms with Gasteiger partial charge >= 0.3 is 0 Å². The lowest BCUT2D eigenvalue weighted by Crippen LogP contribution is -2.62. The largest absolute Gasteiger partial charge is 0.269 e. The van der Waals surface area contributed by atoms with E-state index >= 15 is 57.5 Å². The summed E-state index contributed by atoms with van der Waals surface area (Å²) in [6.07, 6.45) is 4.74. The summed E-state index contributed by atoms with van der Waals surface area (Å²) < 4.78 is 0. The van der Waals surface area contributed by atoms with Gasteiger partial charge < -0.3 is 0 Å².